The molecule has 1 aromatic heterocycles. The molecule has 5 heteroatoms. The van der Waals surface area contributed by atoms with Crippen molar-refractivity contribution in [1.29, 1.82) is 0 Å². The number of ether oxygens (including phenoxy) is 1. The number of hydrogen-bond acceptors (Lipinski definition) is 3. The summed E-state index contributed by atoms with van der Waals surface area (Å²) in [6.07, 6.45) is 2.16. The quantitative estimate of drug-likeness (QED) is 0.607. The monoisotopic (exact) mass is 306 g/mol. The van der Waals surface area contributed by atoms with E-state index in [9.17, 15) is 4.79 Å². The highest BCUT2D eigenvalue weighted by molar-refractivity contribution is 6.17. The molecule has 0 aliphatic heterocycles. The molecule has 0 fully saturated rings. The van der Waals surface area contributed by atoms with E-state index in [-0.39, 0.29) is 11.4 Å². The van der Waals surface area contributed by atoms with E-state index < -0.39 is 0 Å². The van der Waals surface area contributed by atoms with Gasteiger partial charge in [0.05, 0.1) is 18.2 Å². The number of alkyl halides is 1. The summed E-state index contributed by atoms with van der Waals surface area (Å²) in [7, 11) is 1.63. The maximum atomic E-state index is 11.8. The third-order valence-electron chi connectivity index (χ3n) is 3.20. The van der Waals surface area contributed by atoms with Crippen LogP contribution in [-0.2, 0) is 12.9 Å². The number of aryl methyl sites for hydroxylation is 1. The third-order valence-corrected chi connectivity index (χ3v) is 3.49. The van der Waals surface area contributed by atoms with Crippen molar-refractivity contribution < 1.29 is 4.74 Å². The average Bonchev–Trinajstić information content (AvgIpc) is 2.51. The van der Waals surface area contributed by atoms with Crippen LogP contribution in [0.2, 0.25) is 0 Å². The Balaban J connectivity index is 2.22. The maximum absolute atomic E-state index is 11.8. The Labute approximate surface area is 129 Å². The van der Waals surface area contributed by atoms with Gasteiger partial charge in [0.15, 0.2) is 0 Å². The molecule has 112 valence electrons. The molecule has 0 aliphatic carbocycles. The molecular formula is C16H19ClN2O2. The van der Waals surface area contributed by atoms with Gasteiger partial charge in [-0.05, 0) is 36.8 Å². The molecule has 0 spiro atoms. The summed E-state index contributed by atoms with van der Waals surface area (Å²) >= 11 is 5.80. The van der Waals surface area contributed by atoms with Gasteiger partial charge in [0.1, 0.15) is 5.75 Å². The molecule has 2 aromatic rings. The average molecular weight is 307 g/mol. The predicted octanol–water partition coefficient (Wildman–Crippen LogP) is 3.37. The van der Waals surface area contributed by atoms with Crippen LogP contribution in [0.1, 0.15) is 25.3 Å². The molecule has 0 N–H and O–H groups in total. The van der Waals surface area contributed by atoms with Gasteiger partial charge in [0.2, 0.25) is 0 Å². The molecule has 0 saturated heterocycles. The van der Waals surface area contributed by atoms with Crippen molar-refractivity contribution in [2.24, 2.45) is 7.05 Å². The van der Waals surface area contributed by atoms with Gasteiger partial charge < -0.3 is 4.74 Å². The second-order valence-corrected chi connectivity index (χ2v) is 5.11. The van der Waals surface area contributed by atoms with E-state index in [1.54, 1.807) is 13.1 Å². The molecule has 0 saturated carbocycles. The van der Waals surface area contributed by atoms with Crippen LogP contribution in [0.5, 0.6) is 5.75 Å². The van der Waals surface area contributed by atoms with E-state index in [2.05, 4.69) is 12.0 Å². The minimum Gasteiger partial charge on any atom is -0.494 e. The number of unbranched alkanes of at least 4 members (excludes halogenated alkanes) is 1. The van der Waals surface area contributed by atoms with E-state index in [4.69, 9.17) is 16.3 Å². The van der Waals surface area contributed by atoms with Crippen LogP contribution in [0, 0.1) is 0 Å². The summed E-state index contributed by atoms with van der Waals surface area (Å²) in [4.78, 5) is 11.8. The summed E-state index contributed by atoms with van der Waals surface area (Å²) < 4.78 is 6.95. The van der Waals surface area contributed by atoms with E-state index in [0.717, 1.165) is 36.5 Å². The van der Waals surface area contributed by atoms with Crippen molar-refractivity contribution >= 4 is 11.6 Å². The zero-order chi connectivity index (χ0) is 15.2. The van der Waals surface area contributed by atoms with Crippen LogP contribution in [-0.4, -0.2) is 16.4 Å². The van der Waals surface area contributed by atoms with Crippen molar-refractivity contribution in [2.45, 2.75) is 25.6 Å². The van der Waals surface area contributed by atoms with E-state index in [0.29, 0.717) is 5.56 Å². The van der Waals surface area contributed by atoms with Crippen molar-refractivity contribution in [3.63, 3.8) is 0 Å². The number of aromatic nitrogens is 2. The summed E-state index contributed by atoms with van der Waals surface area (Å²) in [6, 6.07) is 9.44. The Hall–Kier alpha value is -1.81. The topological polar surface area (TPSA) is 44.1 Å². The zero-order valence-electron chi connectivity index (χ0n) is 12.3. The molecule has 1 heterocycles. The molecule has 0 radical (unpaired) electrons. The van der Waals surface area contributed by atoms with Crippen LogP contribution < -0.4 is 10.3 Å². The van der Waals surface area contributed by atoms with Gasteiger partial charge in [-0.2, -0.15) is 5.10 Å². The van der Waals surface area contributed by atoms with Crippen molar-refractivity contribution in [2.75, 3.05) is 6.61 Å². The van der Waals surface area contributed by atoms with Crippen molar-refractivity contribution in [3.8, 4) is 17.0 Å². The molecule has 1 aromatic carbocycles. The van der Waals surface area contributed by atoms with Gasteiger partial charge in [-0.3, -0.25) is 4.79 Å². The first-order chi connectivity index (χ1) is 10.2. The van der Waals surface area contributed by atoms with E-state index in [1.807, 2.05) is 24.3 Å². The molecule has 0 atom stereocenters. The fourth-order valence-electron chi connectivity index (χ4n) is 1.96. The number of rotatable bonds is 6. The van der Waals surface area contributed by atoms with Crippen molar-refractivity contribution in [1.82, 2.24) is 9.78 Å². The van der Waals surface area contributed by atoms with E-state index in [1.165, 1.54) is 4.68 Å². The van der Waals surface area contributed by atoms with Gasteiger partial charge in [0.25, 0.3) is 5.56 Å². The smallest absolute Gasteiger partial charge is 0.270 e. The Bertz CT molecular complexity index is 650. The highest BCUT2D eigenvalue weighted by Gasteiger charge is 2.07. The zero-order valence-corrected chi connectivity index (χ0v) is 13.1. The van der Waals surface area contributed by atoms with Crippen LogP contribution in [0.25, 0.3) is 11.3 Å². The standard InChI is InChI=1S/C16H19ClN2O2/c1-3-4-9-21-14-7-5-12(6-8-14)15-10-13(11-17)16(20)19(2)18-15/h5-8,10H,3-4,9,11H2,1-2H3. The lowest BCUT2D eigenvalue weighted by Crippen LogP contribution is -2.23. The summed E-state index contributed by atoms with van der Waals surface area (Å²) in [5.41, 5.74) is 2.05. The Morgan fingerprint density at radius 3 is 2.62 bits per heavy atom. The van der Waals surface area contributed by atoms with Gasteiger partial charge in [-0.1, -0.05) is 13.3 Å². The van der Waals surface area contributed by atoms with Crippen LogP contribution in [0.4, 0.5) is 0 Å². The maximum Gasteiger partial charge on any atom is 0.270 e. The number of hydrogen-bond donors (Lipinski definition) is 0. The first kappa shape index (κ1) is 15.6. The summed E-state index contributed by atoms with van der Waals surface area (Å²) in [6.45, 7) is 2.86. The fourth-order valence-corrected chi connectivity index (χ4v) is 2.16. The number of halogens is 1. The molecule has 0 unspecified atom stereocenters. The molecule has 0 aliphatic rings. The Morgan fingerprint density at radius 2 is 2.00 bits per heavy atom. The lowest BCUT2D eigenvalue weighted by molar-refractivity contribution is 0.309. The molecule has 4 nitrogen and oxygen atoms in total. The molecule has 0 amide bonds. The minimum absolute atomic E-state index is 0.159. The minimum atomic E-state index is -0.159. The SMILES string of the molecule is CCCCOc1ccc(-c2cc(CCl)c(=O)n(C)n2)cc1. The third kappa shape index (κ3) is 3.85. The first-order valence-corrected chi connectivity index (χ1v) is 7.55. The number of nitrogens with zero attached hydrogens (tertiary/aromatic N) is 2. The molecule has 0 bridgehead atoms. The lowest BCUT2D eigenvalue weighted by atomic mass is 10.1. The highest BCUT2D eigenvalue weighted by Crippen LogP contribution is 2.21. The normalized spacial score (nSPS) is 10.6. The molecule has 2 rings (SSSR count). The van der Waals surface area contributed by atoms with Crippen LogP contribution in [0.15, 0.2) is 35.1 Å². The number of benzene rings is 1. The van der Waals surface area contributed by atoms with Gasteiger partial charge >= 0.3 is 0 Å². The lowest BCUT2D eigenvalue weighted by Gasteiger charge is -2.08. The summed E-state index contributed by atoms with van der Waals surface area (Å²) in [5.74, 6) is 1.02. The Kier molecular flexibility index (Phi) is 5.39. The van der Waals surface area contributed by atoms with E-state index >= 15 is 0 Å². The molecular weight excluding hydrogens is 288 g/mol. The van der Waals surface area contributed by atoms with Gasteiger partial charge in [0, 0.05) is 18.2 Å². The largest absolute Gasteiger partial charge is 0.494 e. The van der Waals surface area contributed by atoms with Gasteiger partial charge in [-0.15, -0.1) is 11.6 Å². The molecule has 21 heavy (non-hydrogen) atoms. The Morgan fingerprint density at radius 1 is 1.29 bits per heavy atom. The second kappa shape index (κ2) is 7.27. The predicted molar refractivity (Wildman–Crippen MR) is 84.9 cm³/mol. The van der Waals surface area contributed by atoms with Crippen LogP contribution in [0.3, 0.4) is 0 Å². The summed E-state index contributed by atoms with van der Waals surface area (Å²) in [5, 5.41) is 4.26. The van der Waals surface area contributed by atoms with Gasteiger partial charge in [-0.25, -0.2) is 4.68 Å². The second-order valence-electron chi connectivity index (χ2n) is 4.84. The first-order valence-electron chi connectivity index (χ1n) is 7.02. The highest BCUT2D eigenvalue weighted by atomic mass is 35.5. The van der Waals surface area contributed by atoms with Crippen molar-refractivity contribution in [3.05, 3.63) is 46.2 Å². The fraction of sp³-hybridized carbons (Fsp3) is 0.375. The van der Waals surface area contributed by atoms with Crippen LogP contribution >= 0.6 is 11.6 Å².